The number of nitrogens with one attached hydrogen (secondary N) is 3. The molecule has 14 heteroatoms. The zero-order valence-electron chi connectivity index (χ0n) is 16.8. The van der Waals surface area contributed by atoms with Gasteiger partial charge in [-0.05, 0) is 31.3 Å². The van der Waals surface area contributed by atoms with Gasteiger partial charge in [0.15, 0.2) is 5.96 Å². The Morgan fingerprint density at radius 3 is 2.30 bits per heavy atom. The lowest BCUT2D eigenvalue weighted by Gasteiger charge is -2.20. The van der Waals surface area contributed by atoms with E-state index in [9.17, 15) is 24.3 Å². The first-order valence-corrected chi connectivity index (χ1v) is 11.2. The zero-order valence-corrected chi connectivity index (χ0v) is 18.5. The molecule has 0 saturated heterocycles. The average molecular weight is 466 g/mol. The van der Waals surface area contributed by atoms with Gasteiger partial charge in [-0.2, -0.15) is 24.4 Å². The molecule has 3 unspecified atom stereocenters. The number of carbonyl (C=O) groups excluding carboxylic acids is 3. The van der Waals surface area contributed by atoms with Crippen LogP contribution in [-0.4, -0.2) is 83.7 Å². The Morgan fingerprint density at radius 1 is 1.10 bits per heavy atom. The number of rotatable bonds is 15. The van der Waals surface area contributed by atoms with Crippen LogP contribution in [0.1, 0.15) is 19.3 Å². The Kier molecular flexibility index (Phi) is 14.5. The summed E-state index contributed by atoms with van der Waals surface area (Å²) in [5, 5.41) is 16.3. The first-order chi connectivity index (χ1) is 14.1. The lowest BCUT2D eigenvalue weighted by Crippen LogP contribution is -2.54. The van der Waals surface area contributed by atoms with Crippen LogP contribution in [0.25, 0.3) is 0 Å². The van der Waals surface area contributed by atoms with Gasteiger partial charge in [0, 0.05) is 12.3 Å². The fourth-order valence-corrected chi connectivity index (χ4v) is 2.88. The van der Waals surface area contributed by atoms with Crippen LogP contribution in [0.4, 0.5) is 0 Å². The Bertz CT molecular complexity index is 617. The molecule has 3 atom stereocenters. The van der Waals surface area contributed by atoms with Gasteiger partial charge in [0.05, 0.1) is 12.6 Å². The molecule has 0 radical (unpaired) electrons. The summed E-state index contributed by atoms with van der Waals surface area (Å²) >= 11 is 5.47. The summed E-state index contributed by atoms with van der Waals surface area (Å²) in [6, 6.07) is -2.97. The predicted molar refractivity (Wildman–Crippen MR) is 119 cm³/mol. The lowest BCUT2D eigenvalue weighted by molar-refractivity contribution is -0.142. The van der Waals surface area contributed by atoms with Gasteiger partial charge in [-0.25, -0.2) is 4.79 Å². The number of nitrogens with zero attached hydrogens (tertiary/aromatic N) is 1. The van der Waals surface area contributed by atoms with E-state index in [4.69, 9.17) is 17.2 Å². The maximum Gasteiger partial charge on any atom is 0.326 e. The molecule has 0 saturated carbocycles. The SMILES string of the molecule is CSCCC(NC(=O)C(CS)NC(=O)CNC(=O)C(N)CCCN=C(N)N)C(=O)O. The second kappa shape index (κ2) is 15.6. The van der Waals surface area contributed by atoms with Crippen LogP contribution in [0.3, 0.4) is 0 Å². The monoisotopic (exact) mass is 465 g/mol. The molecule has 0 heterocycles. The van der Waals surface area contributed by atoms with Gasteiger partial charge < -0.3 is 38.3 Å². The smallest absolute Gasteiger partial charge is 0.326 e. The normalized spacial score (nSPS) is 13.4. The molecule has 0 spiro atoms. The number of aliphatic carboxylic acids is 1. The van der Waals surface area contributed by atoms with Crippen LogP contribution in [0.2, 0.25) is 0 Å². The number of hydrogen-bond acceptors (Lipinski definition) is 8. The van der Waals surface area contributed by atoms with Gasteiger partial charge in [0.1, 0.15) is 12.1 Å². The minimum Gasteiger partial charge on any atom is -0.480 e. The van der Waals surface area contributed by atoms with Crippen LogP contribution >= 0.6 is 24.4 Å². The summed E-state index contributed by atoms with van der Waals surface area (Å²) in [5.41, 5.74) is 16.1. The molecule has 0 aliphatic rings. The Hall–Kier alpha value is -2.19. The highest BCUT2D eigenvalue weighted by molar-refractivity contribution is 7.98. The molecule has 0 aromatic rings. The number of carbonyl (C=O) groups is 4. The molecule has 0 aromatic heterocycles. The second-order valence-corrected chi connectivity index (χ2v) is 7.61. The van der Waals surface area contributed by atoms with E-state index in [0.29, 0.717) is 25.1 Å². The average Bonchev–Trinajstić information content (AvgIpc) is 2.69. The molecule has 0 aliphatic carbocycles. The molecule has 0 bridgehead atoms. The van der Waals surface area contributed by atoms with Gasteiger partial charge in [-0.1, -0.05) is 0 Å². The molecule has 172 valence electrons. The van der Waals surface area contributed by atoms with Gasteiger partial charge >= 0.3 is 5.97 Å². The van der Waals surface area contributed by atoms with Gasteiger partial charge in [0.25, 0.3) is 0 Å². The quantitative estimate of drug-likeness (QED) is 0.0542. The number of aliphatic imine (C=N–C) groups is 1. The first-order valence-electron chi connectivity index (χ1n) is 9.13. The van der Waals surface area contributed by atoms with E-state index in [1.54, 1.807) is 0 Å². The summed E-state index contributed by atoms with van der Waals surface area (Å²) in [6.45, 7) is -0.0658. The van der Waals surface area contributed by atoms with Crippen LogP contribution in [-0.2, 0) is 19.2 Å². The number of thiol groups is 1. The van der Waals surface area contributed by atoms with Gasteiger partial charge in [-0.15, -0.1) is 0 Å². The molecule has 0 rings (SSSR count). The fourth-order valence-electron chi connectivity index (χ4n) is 2.15. The van der Waals surface area contributed by atoms with E-state index >= 15 is 0 Å². The molecule has 12 nitrogen and oxygen atoms in total. The zero-order chi connectivity index (χ0) is 23.1. The topological polar surface area (TPSA) is 215 Å². The minimum atomic E-state index is -1.16. The molecule has 30 heavy (non-hydrogen) atoms. The third-order valence-electron chi connectivity index (χ3n) is 3.79. The first kappa shape index (κ1) is 27.8. The number of guanidine groups is 1. The molecule has 0 fully saturated rings. The predicted octanol–water partition coefficient (Wildman–Crippen LogP) is -2.78. The van der Waals surface area contributed by atoms with Crippen molar-refractivity contribution >= 4 is 54.0 Å². The number of thioether (sulfide) groups is 1. The third kappa shape index (κ3) is 12.4. The van der Waals surface area contributed by atoms with E-state index in [1.807, 2.05) is 6.26 Å². The number of carboxylic acid groups (broad SMARTS) is 1. The highest BCUT2D eigenvalue weighted by Gasteiger charge is 2.25. The third-order valence-corrected chi connectivity index (χ3v) is 4.80. The molecule has 3 amide bonds. The van der Waals surface area contributed by atoms with E-state index in [1.165, 1.54) is 11.8 Å². The second-order valence-electron chi connectivity index (χ2n) is 6.26. The summed E-state index contributed by atoms with van der Waals surface area (Å²) in [7, 11) is 0. The highest BCUT2D eigenvalue weighted by Crippen LogP contribution is 2.02. The maximum absolute atomic E-state index is 12.2. The van der Waals surface area contributed by atoms with E-state index in [0.717, 1.165) is 0 Å². The minimum absolute atomic E-state index is 0.0496. The number of amides is 3. The van der Waals surface area contributed by atoms with Gasteiger partial charge in [-0.3, -0.25) is 19.4 Å². The summed E-state index contributed by atoms with van der Waals surface area (Å²) in [4.78, 5) is 51.2. The van der Waals surface area contributed by atoms with Crippen molar-refractivity contribution in [2.45, 2.75) is 37.4 Å². The van der Waals surface area contributed by atoms with Crippen LogP contribution < -0.4 is 33.2 Å². The van der Waals surface area contributed by atoms with E-state index < -0.39 is 48.4 Å². The standard InChI is InChI=1S/C16H31N7O5S2/c1-30-6-4-10(15(27)28)23-14(26)11(8-29)22-12(24)7-21-13(25)9(17)3-2-5-20-16(18)19/h9-11,29H,2-8,17H2,1H3,(H,21,25)(H,22,24)(H,23,26)(H,27,28)(H4,18,19,20). The Balaban J connectivity index is 4.47. The van der Waals surface area contributed by atoms with E-state index in [-0.39, 0.29) is 18.1 Å². The van der Waals surface area contributed by atoms with Crippen molar-refractivity contribution in [2.75, 3.05) is 30.9 Å². The van der Waals surface area contributed by atoms with Crippen molar-refractivity contribution in [3.05, 3.63) is 0 Å². The number of hydrogen-bond donors (Lipinski definition) is 8. The molecule has 0 aromatic carbocycles. The highest BCUT2D eigenvalue weighted by atomic mass is 32.2. The van der Waals surface area contributed by atoms with Crippen molar-refractivity contribution in [1.82, 2.24) is 16.0 Å². The lowest BCUT2D eigenvalue weighted by atomic mass is 10.1. The molecule has 10 N–H and O–H groups in total. The number of carboxylic acids is 1. The van der Waals surface area contributed by atoms with Gasteiger partial charge in [0.2, 0.25) is 17.7 Å². The largest absolute Gasteiger partial charge is 0.480 e. The summed E-state index contributed by atoms with van der Waals surface area (Å²) in [5.74, 6) is -2.56. The van der Waals surface area contributed by atoms with Crippen molar-refractivity contribution in [3.8, 4) is 0 Å². The number of nitrogens with two attached hydrogens (primary N) is 3. The van der Waals surface area contributed by atoms with Crippen molar-refractivity contribution in [2.24, 2.45) is 22.2 Å². The van der Waals surface area contributed by atoms with Crippen molar-refractivity contribution < 1.29 is 24.3 Å². The van der Waals surface area contributed by atoms with E-state index in [2.05, 4.69) is 33.6 Å². The summed E-state index contributed by atoms with van der Waals surface area (Å²) < 4.78 is 0. The molecular weight excluding hydrogens is 434 g/mol. The van der Waals surface area contributed by atoms with Crippen LogP contribution in [0.15, 0.2) is 4.99 Å². The van der Waals surface area contributed by atoms with Crippen molar-refractivity contribution in [3.63, 3.8) is 0 Å². The maximum atomic E-state index is 12.2. The Labute approximate surface area is 184 Å². The molecular formula is C16H31N7O5S2. The summed E-state index contributed by atoms with van der Waals surface area (Å²) in [6.07, 6.45) is 2.87. The fraction of sp³-hybridized carbons (Fsp3) is 0.688. The Morgan fingerprint density at radius 2 is 1.77 bits per heavy atom. The molecule has 0 aliphatic heterocycles. The van der Waals surface area contributed by atoms with Crippen molar-refractivity contribution in [1.29, 1.82) is 0 Å². The van der Waals surface area contributed by atoms with Crippen LogP contribution in [0.5, 0.6) is 0 Å². The van der Waals surface area contributed by atoms with Crippen LogP contribution in [0, 0.1) is 0 Å².